The highest BCUT2D eigenvalue weighted by atomic mass is 16.6. The van der Waals surface area contributed by atoms with Gasteiger partial charge in [0.2, 0.25) is 0 Å². The molecule has 182 valence electrons. The van der Waals surface area contributed by atoms with E-state index in [9.17, 15) is 4.79 Å². The number of fused-ring (bicyclic) bond motifs is 1. The average Bonchev–Trinajstić information content (AvgIpc) is 2.73. The van der Waals surface area contributed by atoms with E-state index in [4.69, 9.17) is 4.74 Å². The minimum atomic E-state index is -0.382. The number of para-hydroxylation sites is 1. The van der Waals surface area contributed by atoms with Gasteiger partial charge in [-0.1, -0.05) is 68.7 Å². The summed E-state index contributed by atoms with van der Waals surface area (Å²) in [7, 11) is 0. The van der Waals surface area contributed by atoms with Crippen LogP contribution in [-0.2, 0) is 4.74 Å². The van der Waals surface area contributed by atoms with Crippen LogP contribution in [0.2, 0.25) is 0 Å². The Morgan fingerprint density at radius 3 is 2.67 bits per heavy atom. The number of hydrogen-bond acceptors (Lipinski definition) is 2. The Labute approximate surface area is 202 Å². The second kappa shape index (κ2) is 10.9. The van der Waals surface area contributed by atoms with Gasteiger partial charge in [-0.25, -0.2) is 4.79 Å². The maximum atomic E-state index is 12.1. The van der Waals surface area contributed by atoms with Crippen molar-refractivity contribution in [1.29, 1.82) is 0 Å². The molecule has 0 saturated heterocycles. The summed E-state index contributed by atoms with van der Waals surface area (Å²) in [4.78, 5) is 12.1. The number of amides is 1. The summed E-state index contributed by atoms with van der Waals surface area (Å²) in [6.07, 6.45) is 14.0. The standard InChI is InChI=1S/C30H45NO2/c1-22(12-10-13-24(3)33-28(32)31-25-14-8-7-9-15-25)16-18-26-23(2)17-19-27-29(4,5)20-11-21-30(26,27)6/h7-9,12,14-15,17,24,26-27H,10-11,13,16,18-21H2,1-6H3,(H,31,32)/b22-12+. The first kappa shape index (κ1) is 25.6. The third kappa shape index (κ3) is 6.52. The zero-order valence-electron chi connectivity index (χ0n) is 21.7. The van der Waals surface area contributed by atoms with Gasteiger partial charge in [0.25, 0.3) is 0 Å². The van der Waals surface area contributed by atoms with Gasteiger partial charge in [0.05, 0.1) is 0 Å². The molecule has 4 atom stereocenters. The second-order valence-corrected chi connectivity index (χ2v) is 11.5. The third-order valence-electron chi connectivity index (χ3n) is 8.52. The largest absolute Gasteiger partial charge is 0.446 e. The van der Waals surface area contributed by atoms with Crippen molar-refractivity contribution >= 4 is 11.8 Å². The number of carbonyl (C=O) groups is 1. The van der Waals surface area contributed by atoms with Gasteiger partial charge in [0, 0.05) is 5.69 Å². The molecule has 1 saturated carbocycles. The molecule has 1 fully saturated rings. The zero-order valence-corrected chi connectivity index (χ0v) is 21.7. The van der Waals surface area contributed by atoms with E-state index in [1.807, 2.05) is 37.3 Å². The molecule has 1 aromatic rings. The van der Waals surface area contributed by atoms with E-state index in [0.29, 0.717) is 16.7 Å². The molecular formula is C30H45NO2. The molecule has 4 unspecified atom stereocenters. The smallest absolute Gasteiger partial charge is 0.411 e. The number of allylic oxidation sites excluding steroid dienone is 4. The summed E-state index contributed by atoms with van der Waals surface area (Å²) in [6.45, 7) is 14.2. The van der Waals surface area contributed by atoms with E-state index >= 15 is 0 Å². The van der Waals surface area contributed by atoms with Crippen molar-refractivity contribution < 1.29 is 9.53 Å². The van der Waals surface area contributed by atoms with E-state index in [-0.39, 0.29) is 12.2 Å². The highest BCUT2D eigenvalue weighted by Gasteiger charge is 2.51. The van der Waals surface area contributed by atoms with Crippen LogP contribution in [0, 0.1) is 22.7 Å². The normalized spacial score (nSPS) is 27.8. The Bertz CT molecular complexity index is 853. The van der Waals surface area contributed by atoms with Crippen LogP contribution in [0.25, 0.3) is 0 Å². The second-order valence-electron chi connectivity index (χ2n) is 11.5. The maximum Gasteiger partial charge on any atom is 0.411 e. The van der Waals surface area contributed by atoms with Gasteiger partial charge >= 0.3 is 6.09 Å². The van der Waals surface area contributed by atoms with Crippen molar-refractivity contribution in [2.75, 3.05) is 5.32 Å². The van der Waals surface area contributed by atoms with Crippen molar-refractivity contribution in [3.05, 3.63) is 53.6 Å². The SMILES string of the molecule is CC1=CCC2C(C)(C)CCCC2(C)C1CC/C(C)=C/CCC(C)OC(=O)Nc1ccccc1. The first-order valence-electron chi connectivity index (χ1n) is 13.0. The van der Waals surface area contributed by atoms with Gasteiger partial charge in [-0.15, -0.1) is 0 Å². The molecule has 3 rings (SSSR count). The monoisotopic (exact) mass is 451 g/mol. The average molecular weight is 452 g/mol. The number of anilines is 1. The molecule has 33 heavy (non-hydrogen) atoms. The first-order valence-corrected chi connectivity index (χ1v) is 13.0. The minimum absolute atomic E-state index is 0.106. The van der Waals surface area contributed by atoms with Crippen molar-refractivity contribution in [3.8, 4) is 0 Å². The Kier molecular flexibility index (Phi) is 8.48. The molecule has 0 radical (unpaired) electrons. The summed E-state index contributed by atoms with van der Waals surface area (Å²) < 4.78 is 5.51. The van der Waals surface area contributed by atoms with Crippen molar-refractivity contribution in [3.63, 3.8) is 0 Å². The first-order chi connectivity index (χ1) is 15.6. The van der Waals surface area contributed by atoms with Crippen LogP contribution in [0.4, 0.5) is 10.5 Å². The molecule has 0 aliphatic heterocycles. The van der Waals surface area contributed by atoms with Gasteiger partial charge in [0.15, 0.2) is 0 Å². The van der Waals surface area contributed by atoms with Gasteiger partial charge in [-0.2, -0.15) is 0 Å². The summed E-state index contributed by atoms with van der Waals surface area (Å²) in [5, 5.41) is 2.78. The summed E-state index contributed by atoms with van der Waals surface area (Å²) in [6, 6.07) is 9.43. The molecule has 1 N–H and O–H groups in total. The fraction of sp³-hybridized carbons (Fsp3) is 0.633. The molecule has 3 heteroatoms. The van der Waals surface area contributed by atoms with Gasteiger partial charge in [0.1, 0.15) is 6.10 Å². The molecule has 0 spiro atoms. The van der Waals surface area contributed by atoms with Crippen molar-refractivity contribution in [2.24, 2.45) is 22.7 Å². The molecular weight excluding hydrogens is 406 g/mol. The van der Waals surface area contributed by atoms with E-state index in [0.717, 1.165) is 30.9 Å². The van der Waals surface area contributed by atoms with Crippen LogP contribution >= 0.6 is 0 Å². The number of carbonyl (C=O) groups excluding carboxylic acids is 1. The van der Waals surface area contributed by atoms with E-state index < -0.39 is 0 Å². The number of ether oxygens (including phenoxy) is 1. The topological polar surface area (TPSA) is 38.3 Å². The maximum absolute atomic E-state index is 12.1. The summed E-state index contributed by atoms with van der Waals surface area (Å²) in [5.41, 5.74) is 4.73. The molecule has 2 aliphatic carbocycles. The molecule has 3 nitrogen and oxygen atoms in total. The van der Waals surface area contributed by atoms with Crippen LogP contribution in [0.5, 0.6) is 0 Å². The Morgan fingerprint density at radius 1 is 1.21 bits per heavy atom. The van der Waals surface area contributed by atoms with Gasteiger partial charge < -0.3 is 4.74 Å². The lowest BCUT2D eigenvalue weighted by molar-refractivity contribution is -0.0390. The molecule has 2 aliphatic rings. The van der Waals surface area contributed by atoms with Gasteiger partial charge in [-0.3, -0.25) is 5.32 Å². The lowest BCUT2D eigenvalue weighted by atomic mass is 9.48. The van der Waals surface area contributed by atoms with Crippen LogP contribution in [-0.4, -0.2) is 12.2 Å². The van der Waals surface area contributed by atoms with E-state index in [1.165, 1.54) is 37.7 Å². The van der Waals surface area contributed by atoms with Crippen LogP contribution < -0.4 is 5.32 Å². The lowest BCUT2D eigenvalue weighted by Gasteiger charge is -2.57. The fourth-order valence-electron chi connectivity index (χ4n) is 6.64. The number of hydrogen-bond donors (Lipinski definition) is 1. The van der Waals surface area contributed by atoms with E-state index in [2.05, 4.69) is 52.1 Å². The predicted octanol–water partition coefficient (Wildman–Crippen LogP) is 8.93. The number of rotatable bonds is 8. The quantitative estimate of drug-likeness (QED) is 0.401. The van der Waals surface area contributed by atoms with Crippen LogP contribution in [0.3, 0.4) is 0 Å². The highest BCUT2D eigenvalue weighted by Crippen LogP contribution is 2.60. The Balaban J connectivity index is 1.46. The van der Waals surface area contributed by atoms with E-state index in [1.54, 1.807) is 5.57 Å². The predicted molar refractivity (Wildman–Crippen MR) is 139 cm³/mol. The summed E-state index contributed by atoms with van der Waals surface area (Å²) >= 11 is 0. The Hall–Kier alpha value is -2.03. The third-order valence-corrected chi connectivity index (χ3v) is 8.52. The zero-order chi connectivity index (χ0) is 24.1. The number of nitrogens with one attached hydrogen (secondary N) is 1. The molecule has 0 aromatic heterocycles. The highest BCUT2D eigenvalue weighted by molar-refractivity contribution is 5.84. The van der Waals surface area contributed by atoms with Crippen LogP contribution in [0.1, 0.15) is 92.9 Å². The van der Waals surface area contributed by atoms with Crippen molar-refractivity contribution in [2.45, 2.75) is 99.0 Å². The Morgan fingerprint density at radius 2 is 1.94 bits per heavy atom. The summed E-state index contributed by atoms with van der Waals surface area (Å²) in [5.74, 6) is 1.50. The van der Waals surface area contributed by atoms with Gasteiger partial charge in [-0.05, 0) is 101 Å². The molecule has 1 aromatic carbocycles. The lowest BCUT2D eigenvalue weighted by Crippen LogP contribution is -2.48. The molecule has 0 bridgehead atoms. The molecule has 0 heterocycles. The fourth-order valence-corrected chi connectivity index (χ4v) is 6.64. The molecule has 1 amide bonds. The number of benzene rings is 1. The van der Waals surface area contributed by atoms with Crippen molar-refractivity contribution in [1.82, 2.24) is 0 Å². The minimum Gasteiger partial charge on any atom is -0.446 e. The van der Waals surface area contributed by atoms with Crippen LogP contribution in [0.15, 0.2) is 53.6 Å².